The molecule has 32 heavy (non-hydrogen) atoms. The minimum absolute atomic E-state index is 0.0354. The number of para-hydroxylation sites is 1. The summed E-state index contributed by atoms with van der Waals surface area (Å²) in [5.74, 6) is -1.37. The molecule has 2 aliphatic heterocycles. The fourth-order valence-electron chi connectivity index (χ4n) is 3.49. The molecule has 0 radical (unpaired) electrons. The topological polar surface area (TPSA) is 108 Å². The van der Waals surface area contributed by atoms with E-state index >= 15 is 0 Å². The van der Waals surface area contributed by atoms with Crippen LogP contribution in [0.2, 0.25) is 0 Å². The Balaban J connectivity index is 1.79. The van der Waals surface area contributed by atoms with Gasteiger partial charge in [-0.3, -0.25) is 10.2 Å². The molecule has 1 amide bonds. The highest BCUT2D eigenvalue weighted by Gasteiger charge is 2.43. The summed E-state index contributed by atoms with van der Waals surface area (Å²) in [7, 11) is -3.80. The molecule has 3 heterocycles. The number of amides is 1. The number of aryl methyl sites for hydroxylation is 1. The first kappa shape index (κ1) is 22.2. The molecule has 0 spiro atoms. The monoisotopic (exact) mass is 473 g/mol. The standard InChI is InChI=1S/C21H20FN5O3S2/c1-11(2)32(29,30)21-25-31-20-24-19(28)15(18(23)27(20)21)10-14-9-12(3)26(13(14)4)17-8-6-5-7-16(17)22/h5-11,23H,1-4H3/b15-10-,23-18?. The molecule has 0 unspecified atom stereocenters. The molecule has 11 heteroatoms. The minimum atomic E-state index is -3.80. The van der Waals surface area contributed by atoms with Crippen LogP contribution in [0.1, 0.15) is 30.8 Å². The largest absolute Gasteiger partial charge is 0.315 e. The van der Waals surface area contributed by atoms with E-state index in [-0.39, 0.29) is 21.7 Å². The van der Waals surface area contributed by atoms with Crippen molar-refractivity contribution in [2.45, 2.75) is 32.9 Å². The van der Waals surface area contributed by atoms with Crippen molar-refractivity contribution in [2.75, 3.05) is 0 Å². The fraction of sp³-hybridized carbons (Fsp3) is 0.238. The number of halogens is 1. The molecular formula is C21H20FN5O3S2. The highest BCUT2D eigenvalue weighted by Crippen LogP contribution is 2.32. The van der Waals surface area contributed by atoms with Crippen LogP contribution in [0.3, 0.4) is 0 Å². The highest BCUT2D eigenvalue weighted by atomic mass is 32.2. The molecule has 0 aliphatic carbocycles. The number of nitrogens with one attached hydrogen (secondary N) is 1. The minimum Gasteiger partial charge on any atom is -0.315 e. The van der Waals surface area contributed by atoms with Gasteiger partial charge in [-0.1, -0.05) is 12.1 Å². The molecule has 1 aromatic heterocycles. The summed E-state index contributed by atoms with van der Waals surface area (Å²) >= 11 is 0.753. The summed E-state index contributed by atoms with van der Waals surface area (Å²) in [6, 6.07) is 8.12. The Labute approximate surface area is 189 Å². The number of hydrogen-bond acceptors (Lipinski definition) is 6. The van der Waals surface area contributed by atoms with E-state index in [1.165, 1.54) is 26.0 Å². The quantitative estimate of drug-likeness (QED) is 0.541. The summed E-state index contributed by atoms with van der Waals surface area (Å²) in [6.07, 6.45) is 1.48. The summed E-state index contributed by atoms with van der Waals surface area (Å²) < 4.78 is 45.4. The predicted octanol–water partition coefficient (Wildman–Crippen LogP) is 3.63. The van der Waals surface area contributed by atoms with Crippen molar-refractivity contribution in [2.24, 2.45) is 9.39 Å². The number of aliphatic imine (C=N–C) groups is 1. The predicted molar refractivity (Wildman–Crippen MR) is 124 cm³/mol. The lowest BCUT2D eigenvalue weighted by molar-refractivity contribution is -0.114. The average Bonchev–Trinajstić information content (AvgIpc) is 3.27. The molecule has 1 N–H and O–H groups in total. The van der Waals surface area contributed by atoms with Gasteiger partial charge in [-0.05, 0) is 57.5 Å². The van der Waals surface area contributed by atoms with Crippen LogP contribution < -0.4 is 0 Å². The van der Waals surface area contributed by atoms with Crippen molar-refractivity contribution in [3.05, 3.63) is 58.7 Å². The molecule has 166 valence electrons. The number of carbonyl (C=O) groups is 1. The number of sulfone groups is 1. The number of amidine groups is 3. The van der Waals surface area contributed by atoms with Gasteiger partial charge in [0, 0.05) is 11.4 Å². The van der Waals surface area contributed by atoms with Crippen molar-refractivity contribution in [3.63, 3.8) is 0 Å². The Hall–Kier alpha value is -3.05. The Kier molecular flexibility index (Phi) is 5.41. The van der Waals surface area contributed by atoms with Crippen molar-refractivity contribution in [1.29, 1.82) is 5.41 Å². The molecule has 1 aromatic carbocycles. The van der Waals surface area contributed by atoms with Gasteiger partial charge < -0.3 is 4.57 Å². The number of nitrogens with zero attached hydrogens (tertiary/aromatic N) is 4. The number of hydrogen-bond donors (Lipinski definition) is 1. The van der Waals surface area contributed by atoms with E-state index in [9.17, 15) is 17.6 Å². The molecule has 0 bridgehead atoms. The van der Waals surface area contributed by atoms with E-state index < -0.39 is 26.8 Å². The van der Waals surface area contributed by atoms with Crippen molar-refractivity contribution in [3.8, 4) is 5.69 Å². The number of rotatable bonds is 3. The third-order valence-electron chi connectivity index (χ3n) is 5.23. The van der Waals surface area contributed by atoms with E-state index in [2.05, 4.69) is 9.39 Å². The third-order valence-corrected chi connectivity index (χ3v) is 8.07. The number of benzene rings is 1. The molecule has 2 aromatic rings. The van der Waals surface area contributed by atoms with Crippen molar-refractivity contribution in [1.82, 2.24) is 9.47 Å². The van der Waals surface area contributed by atoms with Crippen molar-refractivity contribution >= 4 is 49.9 Å². The lowest BCUT2D eigenvalue weighted by Crippen LogP contribution is -2.46. The lowest BCUT2D eigenvalue weighted by atomic mass is 10.1. The lowest BCUT2D eigenvalue weighted by Gasteiger charge is -2.25. The first-order valence-electron chi connectivity index (χ1n) is 9.70. The maximum Gasteiger partial charge on any atom is 0.283 e. The maximum atomic E-state index is 14.4. The van der Waals surface area contributed by atoms with Gasteiger partial charge in [-0.2, -0.15) is 9.39 Å². The van der Waals surface area contributed by atoms with Crippen LogP contribution in [0.4, 0.5) is 4.39 Å². The fourth-order valence-corrected chi connectivity index (χ4v) is 5.55. The van der Waals surface area contributed by atoms with Gasteiger partial charge in [0.15, 0.2) is 0 Å². The number of carbonyl (C=O) groups excluding carboxylic acids is 1. The smallest absolute Gasteiger partial charge is 0.283 e. The Morgan fingerprint density at radius 3 is 2.56 bits per heavy atom. The van der Waals surface area contributed by atoms with Crippen LogP contribution in [0, 0.1) is 25.1 Å². The highest BCUT2D eigenvalue weighted by molar-refractivity contribution is 8.16. The zero-order valence-corrected chi connectivity index (χ0v) is 19.4. The van der Waals surface area contributed by atoms with Crippen LogP contribution in [0.15, 0.2) is 45.3 Å². The van der Waals surface area contributed by atoms with Crippen molar-refractivity contribution < 1.29 is 17.6 Å². The van der Waals surface area contributed by atoms with E-state index in [4.69, 9.17) is 5.41 Å². The zero-order chi connectivity index (χ0) is 23.4. The second kappa shape index (κ2) is 7.82. The normalized spacial score (nSPS) is 17.8. The van der Waals surface area contributed by atoms with Crippen LogP contribution in [0.25, 0.3) is 11.8 Å². The van der Waals surface area contributed by atoms with Crippen LogP contribution in [-0.4, -0.2) is 45.2 Å². The van der Waals surface area contributed by atoms with E-state index in [0.717, 1.165) is 22.5 Å². The van der Waals surface area contributed by atoms with E-state index in [0.29, 0.717) is 16.9 Å². The van der Waals surface area contributed by atoms with E-state index in [1.807, 2.05) is 6.92 Å². The van der Waals surface area contributed by atoms with Gasteiger partial charge in [-0.25, -0.2) is 17.7 Å². The van der Waals surface area contributed by atoms with Gasteiger partial charge >= 0.3 is 0 Å². The zero-order valence-electron chi connectivity index (χ0n) is 17.7. The van der Waals surface area contributed by atoms with Gasteiger partial charge in [0.25, 0.3) is 5.91 Å². The van der Waals surface area contributed by atoms with Crippen LogP contribution in [0.5, 0.6) is 0 Å². The molecule has 0 atom stereocenters. The molecular weight excluding hydrogens is 453 g/mol. The molecule has 2 aliphatic rings. The Morgan fingerprint density at radius 1 is 1.22 bits per heavy atom. The summed E-state index contributed by atoms with van der Waals surface area (Å²) in [5.41, 5.74) is 2.28. The maximum absolute atomic E-state index is 14.4. The van der Waals surface area contributed by atoms with Gasteiger partial charge in [0.2, 0.25) is 20.2 Å². The number of fused-ring (bicyclic) bond motifs is 1. The summed E-state index contributed by atoms with van der Waals surface area (Å²) in [6.45, 7) is 6.62. The SMILES string of the molecule is Cc1cc(/C=C2/C(=N)N3C(=NC2=O)SN=C3S(=O)(=O)C(C)C)c(C)n1-c1ccccc1F. The van der Waals surface area contributed by atoms with Gasteiger partial charge in [0.05, 0.1) is 28.5 Å². The van der Waals surface area contributed by atoms with E-state index in [1.54, 1.807) is 35.8 Å². The molecule has 0 fully saturated rings. The second-order valence-corrected chi connectivity index (χ2v) is 10.7. The third kappa shape index (κ3) is 3.41. The number of aromatic nitrogens is 1. The first-order chi connectivity index (χ1) is 15.0. The first-order valence-corrected chi connectivity index (χ1v) is 12.0. The van der Waals surface area contributed by atoms with Gasteiger partial charge in [0.1, 0.15) is 11.7 Å². The molecule has 4 rings (SSSR count). The van der Waals surface area contributed by atoms with Gasteiger partial charge in [-0.15, -0.1) is 0 Å². The Bertz CT molecular complexity index is 1370. The molecule has 0 saturated heterocycles. The molecule has 0 saturated carbocycles. The average molecular weight is 474 g/mol. The Morgan fingerprint density at radius 2 is 1.91 bits per heavy atom. The van der Waals surface area contributed by atoms with Crippen LogP contribution >= 0.6 is 11.9 Å². The summed E-state index contributed by atoms with van der Waals surface area (Å²) in [4.78, 5) is 17.7. The molecule has 8 nitrogen and oxygen atoms in total. The second-order valence-electron chi connectivity index (χ2n) is 7.61. The van der Waals surface area contributed by atoms with Crippen LogP contribution in [-0.2, 0) is 14.6 Å². The summed E-state index contributed by atoms with van der Waals surface area (Å²) in [5, 5.41) is 7.54.